The highest BCUT2D eigenvalue weighted by molar-refractivity contribution is 6.32. The summed E-state index contributed by atoms with van der Waals surface area (Å²) in [5, 5.41) is 21.0. The fraction of sp³-hybridized carbons (Fsp3) is 0.705. The van der Waals surface area contributed by atoms with Crippen molar-refractivity contribution in [3.8, 4) is 6.07 Å². The number of carbonyl (C=O) groups excluding carboxylic acids is 4. The van der Waals surface area contributed by atoms with Crippen LogP contribution in [-0.2, 0) is 23.9 Å². The van der Waals surface area contributed by atoms with Gasteiger partial charge in [0, 0.05) is 40.5 Å². The summed E-state index contributed by atoms with van der Waals surface area (Å²) in [5.41, 5.74) is 2.96. The van der Waals surface area contributed by atoms with E-state index in [4.69, 9.17) is 21.6 Å². The number of hydrogen-bond acceptors (Lipinski definition) is 7. The Morgan fingerprint density at radius 1 is 0.885 bits per heavy atom. The van der Waals surface area contributed by atoms with E-state index in [9.17, 15) is 24.3 Å². The highest BCUT2D eigenvalue weighted by Gasteiger charge is 2.70. The topological polar surface area (TPSA) is 122 Å². The lowest BCUT2D eigenvalue weighted by molar-refractivity contribution is -0.185. The van der Waals surface area contributed by atoms with Crippen molar-refractivity contribution in [1.29, 1.82) is 5.26 Å². The Bertz CT molecular complexity index is 1830. The lowest BCUT2D eigenvalue weighted by Gasteiger charge is -2.57. The van der Waals surface area contributed by atoms with Gasteiger partial charge in [-0.15, -0.1) is 0 Å². The van der Waals surface area contributed by atoms with Crippen LogP contribution in [0.3, 0.4) is 0 Å². The van der Waals surface area contributed by atoms with Crippen molar-refractivity contribution in [2.24, 2.45) is 57.7 Å². The van der Waals surface area contributed by atoms with Crippen molar-refractivity contribution in [2.45, 2.75) is 136 Å². The Morgan fingerprint density at radius 2 is 1.62 bits per heavy atom. The minimum Gasteiger partial charge on any atom is -0.451 e. The Hall–Kier alpha value is -2.82. The minimum atomic E-state index is -1.03. The van der Waals surface area contributed by atoms with Crippen LogP contribution in [0.2, 0.25) is 0 Å². The molecule has 278 valence electrons. The van der Waals surface area contributed by atoms with Gasteiger partial charge in [0.2, 0.25) is 0 Å². The molecule has 0 heterocycles. The van der Waals surface area contributed by atoms with E-state index in [1.165, 1.54) is 18.1 Å². The van der Waals surface area contributed by atoms with E-state index in [0.29, 0.717) is 41.5 Å². The van der Waals surface area contributed by atoms with Crippen molar-refractivity contribution in [1.82, 2.24) is 0 Å². The molecule has 9 aliphatic carbocycles. The molecule has 0 aromatic heterocycles. The fourth-order valence-corrected chi connectivity index (χ4v) is 14.5. The summed E-state index contributed by atoms with van der Waals surface area (Å²) in [5.74, 6) is 2.61. The maximum Gasteiger partial charge on any atom is 0.303 e. The predicted molar refractivity (Wildman–Crippen MR) is 196 cm³/mol. The molecule has 12 atom stereocenters. The highest BCUT2D eigenvalue weighted by Crippen LogP contribution is 2.72. The SMILES string of the molecule is CC(=O)O[C@]1(C(C)=O)CC[C@H]2[C@@H]3C=C(Cl)C4=CC(=O)[C@@H]5C[C@@H]5[C@]4(C)[C@H]3CC[C@@]21C.C[C@]12CCC3=C4CCC(=O)C=C4CC[C@H]3[C@@H]1CC[C@@]2(O)CC#N. The van der Waals surface area contributed by atoms with E-state index < -0.39 is 11.2 Å². The molecule has 9 aliphatic rings. The lowest BCUT2D eigenvalue weighted by atomic mass is 9.47. The Morgan fingerprint density at radius 3 is 2.33 bits per heavy atom. The van der Waals surface area contributed by atoms with Gasteiger partial charge in [0.1, 0.15) is 0 Å². The van der Waals surface area contributed by atoms with Crippen molar-refractivity contribution < 1.29 is 29.0 Å². The third kappa shape index (κ3) is 4.84. The number of aliphatic hydroxyl groups is 1. The van der Waals surface area contributed by atoms with E-state index in [2.05, 4.69) is 32.9 Å². The first-order valence-corrected chi connectivity index (χ1v) is 20.3. The normalized spacial score (nSPS) is 46.5. The molecule has 7 nitrogen and oxygen atoms in total. The molecule has 52 heavy (non-hydrogen) atoms. The Labute approximate surface area is 313 Å². The molecule has 0 bridgehead atoms. The number of carbonyl (C=O) groups is 4. The quantitative estimate of drug-likeness (QED) is 0.290. The van der Waals surface area contributed by atoms with Crippen molar-refractivity contribution in [3.05, 3.63) is 45.6 Å². The molecule has 0 amide bonds. The third-order valence-corrected chi connectivity index (χ3v) is 17.3. The predicted octanol–water partition coefficient (Wildman–Crippen LogP) is 8.44. The summed E-state index contributed by atoms with van der Waals surface area (Å²) < 4.78 is 5.82. The molecule has 0 aromatic rings. The summed E-state index contributed by atoms with van der Waals surface area (Å²) in [6.45, 7) is 9.64. The molecule has 0 unspecified atom stereocenters. The van der Waals surface area contributed by atoms with Gasteiger partial charge in [-0.1, -0.05) is 44.0 Å². The molecule has 0 spiro atoms. The average molecular weight is 728 g/mol. The minimum absolute atomic E-state index is 0.0423. The molecule has 9 rings (SSSR count). The summed E-state index contributed by atoms with van der Waals surface area (Å²) in [6, 6.07) is 2.22. The second-order valence-electron chi connectivity index (χ2n) is 18.7. The molecular weight excluding hydrogens is 674 g/mol. The number of nitrogens with zero attached hydrogens (tertiary/aromatic N) is 1. The number of fused-ring (bicyclic) bond motifs is 11. The van der Waals surface area contributed by atoms with Gasteiger partial charge in [-0.25, -0.2) is 0 Å². The number of rotatable bonds is 3. The molecular formula is C44H54ClNO6. The van der Waals surface area contributed by atoms with Crippen LogP contribution in [0.25, 0.3) is 0 Å². The highest BCUT2D eigenvalue weighted by atomic mass is 35.5. The van der Waals surface area contributed by atoms with Crippen molar-refractivity contribution in [3.63, 3.8) is 0 Å². The first-order chi connectivity index (χ1) is 24.5. The number of ketones is 3. The molecule has 0 aromatic carbocycles. The van der Waals surface area contributed by atoms with E-state index in [-0.39, 0.29) is 63.7 Å². The van der Waals surface area contributed by atoms with Crippen LogP contribution < -0.4 is 0 Å². The van der Waals surface area contributed by atoms with Gasteiger partial charge in [-0.2, -0.15) is 5.26 Å². The first-order valence-electron chi connectivity index (χ1n) is 19.9. The van der Waals surface area contributed by atoms with Crippen LogP contribution in [0.5, 0.6) is 0 Å². The third-order valence-electron chi connectivity index (χ3n) is 16.9. The van der Waals surface area contributed by atoms with Gasteiger partial charge in [0.25, 0.3) is 0 Å². The number of halogens is 1. The number of hydrogen-bond donors (Lipinski definition) is 1. The van der Waals surface area contributed by atoms with E-state index in [0.717, 1.165) is 76.2 Å². The van der Waals surface area contributed by atoms with Gasteiger partial charge in [-0.05, 0) is 148 Å². The fourth-order valence-electron chi connectivity index (χ4n) is 14.1. The van der Waals surface area contributed by atoms with Crippen LogP contribution in [0.4, 0.5) is 0 Å². The number of nitriles is 1. The monoisotopic (exact) mass is 727 g/mol. The number of Topliss-reactive ketones (excluding diaryl/α,β-unsaturated/α-hetero) is 1. The van der Waals surface area contributed by atoms with Crippen LogP contribution in [0.1, 0.15) is 125 Å². The molecule has 0 aliphatic heterocycles. The van der Waals surface area contributed by atoms with E-state index in [1.807, 2.05) is 12.2 Å². The average Bonchev–Trinajstić information content (AvgIpc) is 3.80. The van der Waals surface area contributed by atoms with E-state index >= 15 is 0 Å². The van der Waals surface area contributed by atoms with Crippen LogP contribution in [0, 0.1) is 69.0 Å². The van der Waals surface area contributed by atoms with Crippen molar-refractivity contribution >= 4 is 34.9 Å². The Kier molecular flexibility index (Phi) is 8.41. The van der Waals surface area contributed by atoms with Gasteiger partial charge in [0.15, 0.2) is 23.0 Å². The van der Waals surface area contributed by atoms with Crippen LogP contribution in [0.15, 0.2) is 45.6 Å². The second-order valence-corrected chi connectivity index (χ2v) is 19.1. The maximum absolute atomic E-state index is 12.8. The summed E-state index contributed by atoms with van der Waals surface area (Å²) in [6.07, 6.45) is 17.8. The first kappa shape index (κ1) is 36.2. The number of allylic oxidation sites excluding steroid dienone is 8. The standard InChI is InChI=1S/C24H29ClO4.C20H25NO2/c1-12(26)24(29-13(2)27)8-6-16-14-10-20(25)19-11-21(28)15-9-18(15)23(19,4)17(14)5-7-22(16,24)3;1-19-8-6-16-15-5-3-14(22)12-13(15)2-4-17(16)18(19)7-9-20(19,23)10-11-21/h10-11,14-18H,5-9H2,1-4H3;12,17-18,23H,2-10H2,1H3/t14-,15+,16-,17-,18-,22-,23-,24-;17-,18+,19+,20-/m01/s1. The largest absolute Gasteiger partial charge is 0.451 e. The molecule has 0 saturated heterocycles. The molecule has 8 heteroatoms. The molecule has 0 radical (unpaired) electrons. The lowest BCUT2D eigenvalue weighted by Crippen LogP contribution is -2.58. The van der Waals surface area contributed by atoms with Crippen LogP contribution >= 0.6 is 11.6 Å². The maximum atomic E-state index is 12.8. The zero-order chi connectivity index (χ0) is 37.2. The van der Waals surface area contributed by atoms with E-state index in [1.54, 1.807) is 12.5 Å². The van der Waals surface area contributed by atoms with Gasteiger partial charge < -0.3 is 9.84 Å². The smallest absolute Gasteiger partial charge is 0.303 e. The second kappa shape index (κ2) is 12.1. The zero-order valence-electron chi connectivity index (χ0n) is 31.5. The number of ether oxygens (including phenoxy) is 1. The number of esters is 1. The van der Waals surface area contributed by atoms with Gasteiger partial charge >= 0.3 is 5.97 Å². The Balaban J connectivity index is 0.000000153. The molecule has 5 fully saturated rings. The summed E-state index contributed by atoms with van der Waals surface area (Å²) >= 11 is 6.79. The van der Waals surface area contributed by atoms with Crippen molar-refractivity contribution in [2.75, 3.05) is 0 Å². The molecule has 5 saturated carbocycles. The van der Waals surface area contributed by atoms with Crippen LogP contribution in [-0.4, -0.2) is 39.6 Å². The zero-order valence-corrected chi connectivity index (χ0v) is 32.2. The van der Waals surface area contributed by atoms with Gasteiger partial charge in [-0.3, -0.25) is 19.2 Å². The summed E-state index contributed by atoms with van der Waals surface area (Å²) in [4.78, 5) is 48.8. The van der Waals surface area contributed by atoms with Gasteiger partial charge in [0.05, 0.1) is 18.1 Å². The summed E-state index contributed by atoms with van der Waals surface area (Å²) in [7, 11) is 0. The molecule has 1 N–H and O–H groups in total.